The first-order chi connectivity index (χ1) is 12.7. The molecule has 2 aromatic rings. The molecule has 0 aliphatic heterocycles. The molecule has 0 atom stereocenters. The number of ether oxygens (including phenoxy) is 2. The molecular weight excluding hydrogens is 360 g/mol. The Bertz CT molecular complexity index is 630. The van der Waals surface area contributed by atoms with Crippen molar-refractivity contribution in [3.8, 4) is 11.5 Å². The van der Waals surface area contributed by atoms with Gasteiger partial charge in [0.05, 0.1) is 13.2 Å². The predicted molar refractivity (Wildman–Crippen MR) is 118 cm³/mol. The van der Waals surface area contributed by atoms with Crippen LogP contribution in [0.4, 0.5) is 0 Å². The summed E-state index contributed by atoms with van der Waals surface area (Å²) in [5, 5.41) is 0. The Labute approximate surface area is 168 Å². The van der Waals surface area contributed by atoms with Gasteiger partial charge in [-0.05, 0) is 48.2 Å². The van der Waals surface area contributed by atoms with Gasteiger partial charge in [0.1, 0.15) is 11.5 Å². The Balaban J connectivity index is 2.05. The lowest BCUT2D eigenvalue weighted by molar-refractivity contribution is 0.309. The van der Waals surface area contributed by atoms with Crippen molar-refractivity contribution in [2.24, 2.45) is 0 Å². The molecule has 0 aliphatic rings. The van der Waals surface area contributed by atoms with E-state index in [1.165, 1.54) is 0 Å². The van der Waals surface area contributed by atoms with Crippen molar-refractivity contribution in [2.45, 2.75) is 39.5 Å². The highest BCUT2D eigenvalue weighted by molar-refractivity contribution is 7.96. The molecule has 2 aromatic carbocycles. The molecule has 0 aromatic heterocycles. The number of rotatable bonds is 10. The van der Waals surface area contributed by atoms with E-state index in [-0.39, 0.29) is 0 Å². The van der Waals surface area contributed by atoms with Crippen LogP contribution in [0, 0.1) is 0 Å². The Hall–Kier alpha value is -1.52. The van der Waals surface area contributed by atoms with E-state index in [0.717, 1.165) is 71.3 Å². The van der Waals surface area contributed by atoms with Crippen LogP contribution in [0.1, 0.15) is 50.7 Å². The van der Waals surface area contributed by atoms with Gasteiger partial charge in [-0.1, -0.05) is 51.0 Å². The molecule has 0 unspecified atom stereocenters. The standard InChI is InChI=1S/C22H28O2S2/c1-3-5-15-23-19-11-7-17(8-12-19)21(25)22(26)18-9-13-20(14-10-18)24-16-6-4-2/h7-14,25-26H,3-6,15-16H2,1-2H3/b22-21-. The van der Waals surface area contributed by atoms with E-state index in [2.05, 4.69) is 39.1 Å². The number of hydrogen-bond acceptors (Lipinski definition) is 4. The molecule has 0 N–H and O–H groups in total. The van der Waals surface area contributed by atoms with Crippen LogP contribution in [-0.4, -0.2) is 13.2 Å². The molecule has 0 saturated heterocycles. The van der Waals surface area contributed by atoms with Crippen LogP contribution >= 0.6 is 25.3 Å². The zero-order valence-corrected chi connectivity index (χ0v) is 17.4. The van der Waals surface area contributed by atoms with Crippen LogP contribution in [0.15, 0.2) is 48.5 Å². The molecular formula is C22H28O2S2. The summed E-state index contributed by atoms with van der Waals surface area (Å²) in [6, 6.07) is 16.0. The fourth-order valence-electron chi connectivity index (χ4n) is 2.36. The third-order valence-corrected chi connectivity index (χ3v) is 5.15. The molecule has 0 fully saturated rings. The molecule has 0 heterocycles. The van der Waals surface area contributed by atoms with Crippen molar-refractivity contribution >= 4 is 35.1 Å². The maximum Gasteiger partial charge on any atom is 0.119 e. The van der Waals surface area contributed by atoms with Gasteiger partial charge in [-0.25, -0.2) is 0 Å². The fraction of sp³-hybridized carbons (Fsp3) is 0.364. The highest BCUT2D eigenvalue weighted by Crippen LogP contribution is 2.33. The second-order valence-electron chi connectivity index (χ2n) is 6.15. The highest BCUT2D eigenvalue weighted by Gasteiger charge is 2.06. The lowest BCUT2D eigenvalue weighted by atomic mass is 10.1. The summed E-state index contributed by atoms with van der Waals surface area (Å²) in [6.07, 6.45) is 4.40. The van der Waals surface area contributed by atoms with Gasteiger partial charge in [-0.15, -0.1) is 25.3 Å². The third-order valence-electron chi connectivity index (χ3n) is 4.01. The van der Waals surface area contributed by atoms with Crippen molar-refractivity contribution in [3.63, 3.8) is 0 Å². The Morgan fingerprint density at radius 2 is 1.00 bits per heavy atom. The van der Waals surface area contributed by atoms with Gasteiger partial charge >= 0.3 is 0 Å². The molecule has 0 aliphatic carbocycles. The molecule has 140 valence electrons. The molecule has 2 rings (SSSR count). The van der Waals surface area contributed by atoms with Crippen molar-refractivity contribution < 1.29 is 9.47 Å². The minimum atomic E-state index is 0.754. The van der Waals surface area contributed by atoms with Gasteiger partial charge in [0, 0.05) is 9.81 Å². The molecule has 0 saturated carbocycles. The van der Waals surface area contributed by atoms with Gasteiger partial charge in [0.15, 0.2) is 0 Å². The van der Waals surface area contributed by atoms with Gasteiger partial charge in [-0.3, -0.25) is 0 Å². The number of unbranched alkanes of at least 4 members (excludes halogenated alkanes) is 2. The van der Waals surface area contributed by atoms with E-state index in [9.17, 15) is 0 Å². The topological polar surface area (TPSA) is 18.5 Å². The normalized spacial score (nSPS) is 11.8. The minimum Gasteiger partial charge on any atom is -0.494 e. The average Bonchev–Trinajstić information content (AvgIpc) is 2.68. The summed E-state index contributed by atoms with van der Waals surface area (Å²) in [7, 11) is 0. The average molecular weight is 389 g/mol. The van der Waals surface area contributed by atoms with Crippen molar-refractivity contribution in [1.82, 2.24) is 0 Å². The zero-order valence-electron chi connectivity index (χ0n) is 15.6. The maximum atomic E-state index is 5.71. The van der Waals surface area contributed by atoms with Crippen LogP contribution in [0.2, 0.25) is 0 Å². The van der Waals surface area contributed by atoms with Crippen molar-refractivity contribution in [2.75, 3.05) is 13.2 Å². The molecule has 0 radical (unpaired) electrons. The second kappa shape index (κ2) is 11.2. The van der Waals surface area contributed by atoms with Crippen LogP contribution in [0.5, 0.6) is 11.5 Å². The molecule has 26 heavy (non-hydrogen) atoms. The summed E-state index contributed by atoms with van der Waals surface area (Å²) < 4.78 is 11.4. The van der Waals surface area contributed by atoms with Gasteiger partial charge in [0.25, 0.3) is 0 Å². The number of benzene rings is 2. The third kappa shape index (κ3) is 6.33. The monoisotopic (exact) mass is 388 g/mol. The first kappa shape index (κ1) is 20.8. The van der Waals surface area contributed by atoms with E-state index >= 15 is 0 Å². The van der Waals surface area contributed by atoms with E-state index in [4.69, 9.17) is 9.47 Å². The Kier molecular flexibility index (Phi) is 8.99. The lowest BCUT2D eigenvalue weighted by Crippen LogP contribution is -1.96. The van der Waals surface area contributed by atoms with Gasteiger partial charge in [0.2, 0.25) is 0 Å². The van der Waals surface area contributed by atoms with E-state index in [1.807, 2.05) is 48.5 Å². The van der Waals surface area contributed by atoms with Gasteiger partial charge in [-0.2, -0.15) is 0 Å². The number of thiol groups is 2. The SMILES string of the molecule is CCCCOc1ccc(/C(S)=C(/S)c2ccc(OCCCC)cc2)cc1. The molecule has 2 nitrogen and oxygen atoms in total. The maximum absolute atomic E-state index is 5.71. The summed E-state index contributed by atoms with van der Waals surface area (Å²) in [5.41, 5.74) is 2.04. The van der Waals surface area contributed by atoms with Crippen LogP contribution in [0.3, 0.4) is 0 Å². The lowest BCUT2D eigenvalue weighted by Gasteiger charge is -2.10. The van der Waals surface area contributed by atoms with E-state index in [0.29, 0.717) is 0 Å². The van der Waals surface area contributed by atoms with Crippen molar-refractivity contribution in [1.29, 1.82) is 0 Å². The van der Waals surface area contributed by atoms with E-state index < -0.39 is 0 Å². The van der Waals surface area contributed by atoms with Crippen LogP contribution in [-0.2, 0) is 0 Å². The fourth-order valence-corrected chi connectivity index (χ4v) is 2.92. The quantitative estimate of drug-likeness (QED) is 0.267. The van der Waals surface area contributed by atoms with Gasteiger partial charge < -0.3 is 9.47 Å². The summed E-state index contributed by atoms with van der Waals surface area (Å²) in [4.78, 5) is 1.68. The Morgan fingerprint density at radius 3 is 1.31 bits per heavy atom. The largest absolute Gasteiger partial charge is 0.494 e. The smallest absolute Gasteiger partial charge is 0.119 e. The summed E-state index contributed by atoms with van der Waals surface area (Å²) in [6.45, 7) is 5.82. The van der Waals surface area contributed by atoms with E-state index in [1.54, 1.807) is 0 Å². The summed E-state index contributed by atoms with van der Waals surface area (Å²) in [5.74, 6) is 1.77. The number of hydrogen-bond donors (Lipinski definition) is 2. The van der Waals surface area contributed by atoms with Crippen molar-refractivity contribution in [3.05, 3.63) is 59.7 Å². The molecule has 0 spiro atoms. The summed E-state index contributed by atoms with van der Waals surface area (Å²) >= 11 is 9.34. The molecule has 0 amide bonds. The first-order valence-corrected chi connectivity index (χ1v) is 10.1. The zero-order chi connectivity index (χ0) is 18.8. The Morgan fingerprint density at radius 1 is 0.654 bits per heavy atom. The second-order valence-corrected chi connectivity index (χ2v) is 7.04. The van der Waals surface area contributed by atoms with Crippen LogP contribution in [0.25, 0.3) is 9.81 Å². The van der Waals surface area contributed by atoms with Crippen LogP contribution < -0.4 is 9.47 Å². The molecule has 0 bridgehead atoms. The molecule has 4 heteroatoms. The first-order valence-electron chi connectivity index (χ1n) is 9.24. The minimum absolute atomic E-state index is 0.754. The predicted octanol–water partition coefficient (Wildman–Crippen LogP) is 6.73. The highest BCUT2D eigenvalue weighted by atomic mass is 32.1.